The van der Waals surface area contributed by atoms with E-state index in [1.54, 1.807) is 7.11 Å². The average Bonchev–Trinajstić information content (AvgIpc) is 2.95. The molecule has 5 nitrogen and oxygen atoms in total. The molecule has 2 aromatic rings. The van der Waals surface area contributed by atoms with E-state index in [0.717, 1.165) is 17.1 Å². The molecule has 0 aliphatic heterocycles. The third kappa shape index (κ3) is 3.61. The summed E-state index contributed by atoms with van der Waals surface area (Å²) in [5.74, 6) is 2.57. The van der Waals surface area contributed by atoms with Crippen molar-refractivity contribution < 1.29 is 9.26 Å². The minimum absolute atomic E-state index is 0.190. The van der Waals surface area contributed by atoms with Gasteiger partial charge in [-0.2, -0.15) is 4.98 Å². The molecule has 0 bridgehead atoms. The number of methoxy groups -OCH3 is 1. The van der Waals surface area contributed by atoms with Gasteiger partial charge >= 0.3 is 0 Å². The number of rotatable bonds is 6. The number of hydrogen-bond donors (Lipinski definition) is 0. The Labute approximate surface area is 125 Å². The van der Waals surface area contributed by atoms with Gasteiger partial charge in [-0.15, -0.1) is 0 Å². The lowest BCUT2D eigenvalue weighted by molar-refractivity contribution is 0.212. The molecule has 0 saturated carbocycles. The van der Waals surface area contributed by atoms with Crippen LogP contribution in [0.3, 0.4) is 0 Å². The molecule has 1 aromatic carbocycles. The van der Waals surface area contributed by atoms with Crippen LogP contribution in [0.2, 0.25) is 0 Å². The van der Waals surface area contributed by atoms with Gasteiger partial charge in [0, 0.05) is 17.5 Å². The fourth-order valence-electron chi connectivity index (χ4n) is 2.17. The first kappa shape index (κ1) is 15.5. The zero-order valence-electron chi connectivity index (χ0n) is 13.3. The third-order valence-corrected chi connectivity index (χ3v) is 3.64. The summed E-state index contributed by atoms with van der Waals surface area (Å²) in [5.41, 5.74) is 1.14. The Morgan fingerprint density at radius 3 is 2.57 bits per heavy atom. The van der Waals surface area contributed by atoms with Crippen LogP contribution in [-0.4, -0.2) is 29.2 Å². The van der Waals surface area contributed by atoms with Crippen LogP contribution in [0.1, 0.15) is 50.0 Å². The van der Waals surface area contributed by atoms with Gasteiger partial charge < -0.3 is 9.26 Å². The third-order valence-electron chi connectivity index (χ3n) is 3.64. The zero-order chi connectivity index (χ0) is 15.4. The van der Waals surface area contributed by atoms with Gasteiger partial charge in [0.25, 0.3) is 0 Å². The number of aromatic nitrogens is 2. The lowest BCUT2D eigenvalue weighted by Gasteiger charge is -2.24. The maximum absolute atomic E-state index is 5.42. The zero-order valence-corrected chi connectivity index (χ0v) is 13.3. The van der Waals surface area contributed by atoms with E-state index in [-0.39, 0.29) is 12.0 Å². The molecule has 0 radical (unpaired) electrons. The molecule has 0 fully saturated rings. The fraction of sp³-hybridized carbons (Fsp3) is 0.500. The fourth-order valence-corrected chi connectivity index (χ4v) is 2.17. The molecule has 1 aromatic heterocycles. The van der Waals surface area contributed by atoms with Crippen LogP contribution in [-0.2, 0) is 6.54 Å². The van der Waals surface area contributed by atoms with Gasteiger partial charge in [-0.1, -0.05) is 37.2 Å². The van der Waals surface area contributed by atoms with Crippen LogP contribution >= 0.6 is 0 Å². The lowest BCUT2D eigenvalue weighted by Crippen LogP contribution is -2.22. The molecule has 0 amide bonds. The second-order valence-corrected chi connectivity index (χ2v) is 5.53. The Morgan fingerprint density at radius 1 is 1.24 bits per heavy atom. The summed E-state index contributed by atoms with van der Waals surface area (Å²) in [4.78, 5) is 6.58. The van der Waals surface area contributed by atoms with Gasteiger partial charge in [0.1, 0.15) is 5.75 Å². The van der Waals surface area contributed by atoms with Gasteiger partial charge in [-0.25, -0.2) is 0 Å². The minimum Gasteiger partial charge on any atom is -0.496 e. The number of para-hydroxylation sites is 1. The molecule has 1 heterocycles. The molecular formula is C16H23N3O2. The van der Waals surface area contributed by atoms with Crippen molar-refractivity contribution in [2.45, 2.75) is 39.3 Å². The van der Waals surface area contributed by atoms with Crippen molar-refractivity contribution in [3.05, 3.63) is 41.5 Å². The topological polar surface area (TPSA) is 51.4 Å². The highest BCUT2D eigenvalue weighted by Crippen LogP contribution is 2.28. The highest BCUT2D eigenvalue weighted by Gasteiger charge is 2.18. The smallest absolute Gasteiger partial charge is 0.240 e. The molecule has 114 valence electrons. The van der Waals surface area contributed by atoms with Crippen LogP contribution in [0.4, 0.5) is 0 Å². The maximum atomic E-state index is 5.42. The Morgan fingerprint density at radius 2 is 1.95 bits per heavy atom. The largest absolute Gasteiger partial charge is 0.496 e. The van der Waals surface area contributed by atoms with Crippen molar-refractivity contribution in [1.82, 2.24) is 15.0 Å². The summed E-state index contributed by atoms with van der Waals surface area (Å²) in [7, 11) is 3.73. The number of benzene rings is 1. The van der Waals surface area contributed by atoms with Crippen molar-refractivity contribution >= 4 is 0 Å². The lowest BCUT2D eigenvalue weighted by atomic mass is 10.1. The standard InChI is InChI=1S/C16H23N3O2/c1-11(2)16-17-15(21-18-16)10-19(4)12(3)13-8-6-7-9-14(13)20-5/h6-9,11-12H,10H2,1-5H3. The Kier molecular flexibility index (Phi) is 4.96. The molecule has 5 heteroatoms. The summed E-state index contributed by atoms with van der Waals surface area (Å²) in [6.45, 7) is 6.85. The van der Waals surface area contributed by atoms with E-state index in [2.05, 4.69) is 41.9 Å². The van der Waals surface area contributed by atoms with Crippen LogP contribution in [0.25, 0.3) is 0 Å². The number of hydrogen-bond acceptors (Lipinski definition) is 5. The summed E-state index contributed by atoms with van der Waals surface area (Å²) in [6, 6.07) is 8.24. The molecule has 0 N–H and O–H groups in total. The van der Waals surface area contributed by atoms with E-state index in [9.17, 15) is 0 Å². The normalized spacial score (nSPS) is 12.9. The number of nitrogens with zero attached hydrogens (tertiary/aromatic N) is 3. The highest BCUT2D eigenvalue weighted by molar-refractivity contribution is 5.35. The van der Waals surface area contributed by atoms with Crippen molar-refractivity contribution in [2.24, 2.45) is 0 Å². The average molecular weight is 289 g/mol. The van der Waals surface area contributed by atoms with Crippen LogP contribution in [0.15, 0.2) is 28.8 Å². The quantitative estimate of drug-likeness (QED) is 0.816. The van der Waals surface area contributed by atoms with Crippen LogP contribution in [0, 0.1) is 0 Å². The van der Waals surface area contributed by atoms with Gasteiger partial charge in [0.2, 0.25) is 5.89 Å². The minimum atomic E-state index is 0.190. The van der Waals surface area contributed by atoms with E-state index in [0.29, 0.717) is 12.4 Å². The molecule has 0 aliphatic rings. The van der Waals surface area contributed by atoms with Gasteiger partial charge in [-0.3, -0.25) is 4.90 Å². The highest BCUT2D eigenvalue weighted by atomic mass is 16.5. The molecule has 0 spiro atoms. The Balaban J connectivity index is 2.09. The second kappa shape index (κ2) is 6.72. The maximum Gasteiger partial charge on any atom is 0.240 e. The van der Waals surface area contributed by atoms with Crippen molar-refractivity contribution in [2.75, 3.05) is 14.2 Å². The van der Waals surface area contributed by atoms with Crippen molar-refractivity contribution in [3.63, 3.8) is 0 Å². The summed E-state index contributed by atoms with van der Waals surface area (Å²) in [5, 5.41) is 4.00. The summed E-state index contributed by atoms with van der Waals surface area (Å²) in [6.07, 6.45) is 0. The van der Waals surface area contributed by atoms with E-state index < -0.39 is 0 Å². The molecule has 0 saturated heterocycles. The molecular weight excluding hydrogens is 266 g/mol. The van der Waals surface area contributed by atoms with Crippen LogP contribution in [0.5, 0.6) is 5.75 Å². The SMILES string of the molecule is COc1ccccc1C(C)N(C)Cc1nc(C(C)C)no1. The monoisotopic (exact) mass is 289 g/mol. The van der Waals surface area contributed by atoms with Gasteiger partial charge in [-0.05, 0) is 20.0 Å². The predicted molar refractivity (Wildman–Crippen MR) is 81.3 cm³/mol. The molecule has 2 rings (SSSR count). The first-order valence-corrected chi connectivity index (χ1v) is 7.18. The summed E-state index contributed by atoms with van der Waals surface area (Å²) < 4.78 is 10.7. The summed E-state index contributed by atoms with van der Waals surface area (Å²) >= 11 is 0. The Bertz CT molecular complexity index is 580. The predicted octanol–water partition coefficient (Wildman–Crippen LogP) is 3.39. The molecule has 21 heavy (non-hydrogen) atoms. The van der Waals surface area contributed by atoms with E-state index in [1.807, 2.05) is 25.2 Å². The second-order valence-electron chi connectivity index (χ2n) is 5.53. The van der Waals surface area contributed by atoms with Crippen molar-refractivity contribution in [3.8, 4) is 5.75 Å². The van der Waals surface area contributed by atoms with Gasteiger partial charge in [0.15, 0.2) is 5.82 Å². The first-order valence-electron chi connectivity index (χ1n) is 7.18. The van der Waals surface area contributed by atoms with E-state index in [4.69, 9.17) is 9.26 Å². The van der Waals surface area contributed by atoms with Crippen LogP contribution < -0.4 is 4.74 Å². The first-order chi connectivity index (χ1) is 10.0. The van der Waals surface area contributed by atoms with Crippen molar-refractivity contribution in [1.29, 1.82) is 0 Å². The number of ether oxygens (including phenoxy) is 1. The van der Waals surface area contributed by atoms with Gasteiger partial charge in [0.05, 0.1) is 13.7 Å². The van der Waals surface area contributed by atoms with E-state index in [1.165, 1.54) is 0 Å². The Hall–Kier alpha value is -1.88. The van der Waals surface area contributed by atoms with E-state index >= 15 is 0 Å². The molecule has 0 aliphatic carbocycles. The molecule has 1 atom stereocenters. The molecule has 1 unspecified atom stereocenters.